The molecule has 1 fully saturated rings. The molecule has 1 aliphatic rings. The van der Waals surface area contributed by atoms with Crippen molar-refractivity contribution in [3.8, 4) is 0 Å². The second-order valence-corrected chi connectivity index (χ2v) is 13.2. The summed E-state index contributed by atoms with van der Waals surface area (Å²) in [6.07, 6.45) is 3.05. The van der Waals surface area contributed by atoms with Crippen molar-refractivity contribution in [2.75, 3.05) is 47.2 Å². The number of para-hydroxylation sites is 1. The second kappa shape index (κ2) is 16.5. The number of hydrogen-bond acceptors (Lipinski definition) is 17. The van der Waals surface area contributed by atoms with Crippen molar-refractivity contribution in [2.45, 2.75) is 9.79 Å². The van der Waals surface area contributed by atoms with Gasteiger partial charge in [0.2, 0.25) is 34.4 Å². The minimum atomic E-state index is -4.70. The lowest BCUT2D eigenvalue weighted by Gasteiger charge is -2.26. The fourth-order valence-electron chi connectivity index (χ4n) is 4.70. The molecule has 17 nitrogen and oxygen atoms in total. The van der Waals surface area contributed by atoms with Gasteiger partial charge in [0.1, 0.15) is 4.90 Å². The standard InChI is InChI=1S/C30H26Cl2N10O7S2/c31-25-36-27(33-20-4-2-1-3-5-20)40-28(37-25)34-21-10-8-18(23(16-21)50-49-48-43)6-7-19-9-11-22(17-24(19)51(44,45)46)35-29-38-26(32)39-30(41-29)42-12-14-47-15-13-42/h1-11,16-17,43H,12-15H2,(H,44,45,46)(H,35,38,39,41)(H2,33,34,36,37,40)/b7-6+. The predicted octanol–water partition coefficient (Wildman–Crippen LogP) is 6.28. The summed E-state index contributed by atoms with van der Waals surface area (Å²) < 4.78 is 45.1. The van der Waals surface area contributed by atoms with Crippen LogP contribution < -0.4 is 20.9 Å². The van der Waals surface area contributed by atoms with Gasteiger partial charge in [-0.1, -0.05) is 47.5 Å². The van der Waals surface area contributed by atoms with Crippen LogP contribution in [0.25, 0.3) is 12.2 Å². The minimum Gasteiger partial charge on any atom is -0.378 e. The molecule has 21 heteroatoms. The van der Waals surface area contributed by atoms with E-state index in [2.05, 4.69) is 55.2 Å². The van der Waals surface area contributed by atoms with Gasteiger partial charge in [0.05, 0.1) is 25.3 Å². The van der Waals surface area contributed by atoms with E-state index < -0.39 is 15.0 Å². The van der Waals surface area contributed by atoms with E-state index in [-0.39, 0.29) is 39.7 Å². The van der Waals surface area contributed by atoms with Gasteiger partial charge in [-0.25, -0.2) is 5.26 Å². The van der Waals surface area contributed by atoms with Gasteiger partial charge in [-0.05, 0) is 70.7 Å². The number of benzene rings is 3. The molecule has 5 N–H and O–H groups in total. The highest BCUT2D eigenvalue weighted by atomic mass is 35.5. The number of nitrogens with zero attached hydrogens (tertiary/aromatic N) is 7. The van der Waals surface area contributed by atoms with Crippen LogP contribution in [0.5, 0.6) is 0 Å². The number of ether oxygens (including phenoxy) is 1. The quantitative estimate of drug-likeness (QED) is 0.0292. The van der Waals surface area contributed by atoms with E-state index in [1.165, 1.54) is 18.2 Å². The predicted molar refractivity (Wildman–Crippen MR) is 191 cm³/mol. The third kappa shape index (κ3) is 9.97. The van der Waals surface area contributed by atoms with E-state index in [0.717, 1.165) is 5.69 Å². The maximum absolute atomic E-state index is 12.5. The molecule has 0 amide bonds. The van der Waals surface area contributed by atoms with Gasteiger partial charge in [0, 0.05) is 35.0 Å². The molecule has 0 aliphatic carbocycles. The molecule has 51 heavy (non-hydrogen) atoms. The third-order valence-corrected chi connectivity index (χ3v) is 8.85. The average molecular weight is 774 g/mol. The minimum absolute atomic E-state index is 0.0530. The molecule has 264 valence electrons. The van der Waals surface area contributed by atoms with E-state index >= 15 is 0 Å². The highest BCUT2D eigenvalue weighted by molar-refractivity contribution is 7.94. The van der Waals surface area contributed by atoms with Crippen molar-refractivity contribution in [2.24, 2.45) is 0 Å². The maximum Gasteiger partial charge on any atom is 0.295 e. The monoisotopic (exact) mass is 772 g/mol. The summed E-state index contributed by atoms with van der Waals surface area (Å²) in [5, 5.41) is 21.5. The highest BCUT2D eigenvalue weighted by Gasteiger charge is 2.19. The molecule has 5 aromatic rings. The van der Waals surface area contributed by atoms with Gasteiger partial charge in [-0.3, -0.25) is 4.55 Å². The van der Waals surface area contributed by atoms with Gasteiger partial charge >= 0.3 is 0 Å². The highest BCUT2D eigenvalue weighted by Crippen LogP contribution is 2.31. The Balaban J connectivity index is 1.23. The SMILES string of the molecule is O=S(=O)(O)c1cc(Nc2nc(Cl)nc(N3CCOCC3)n2)ccc1/C=C/c1ccc(Nc2nc(Cl)nc(Nc3ccccc3)n2)cc1SOOO. The normalized spacial score (nSPS) is 13.4. The van der Waals surface area contributed by atoms with Gasteiger partial charge in [-0.15, -0.1) is 4.33 Å². The first-order valence-electron chi connectivity index (χ1n) is 14.7. The molecule has 0 spiro atoms. The topological polar surface area (TPSA) is 219 Å². The van der Waals surface area contributed by atoms with Crippen molar-refractivity contribution in [3.05, 3.63) is 88.4 Å². The van der Waals surface area contributed by atoms with Gasteiger partial charge in [0.25, 0.3) is 10.1 Å². The maximum atomic E-state index is 12.5. The number of morpholine rings is 1. The van der Waals surface area contributed by atoms with Gasteiger partial charge < -0.3 is 25.6 Å². The van der Waals surface area contributed by atoms with Crippen LogP contribution in [-0.2, 0) is 24.2 Å². The van der Waals surface area contributed by atoms with Crippen LogP contribution in [0.2, 0.25) is 10.6 Å². The molecular formula is C30H26Cl2N10O7S2. The van der Waals surface area contributed by atoms with Crippen LogP contribution in [0, 0.1) is 0 Å². The van der Waals surface area contributed by atoms with Crippen LogP contribution in [0.15, 0.2) is 76.5 Å². The first-order valence-corrected chi connectivity index (χ1v) is 17.7. The fourth-order valence-corrected chi connectivity index (χ4v) is 6.23. The Morgan fingerprint density at radius 1 is 0.765 bits per heavy atom. The molecule has 3 aromatic carbocycles. The summed E-state index contributed by atoms with van der Waals surface area (Å²) in [5.74, 6) is 0.754. The Morgan fingerprint density at radius 2 is 1.35 bits per heavy atom. The zero-order chi connectivity index (χ0) is 35.8. The molecule has 0 saturated carbocycles. The van der Waals surface area contributed by atoms with E-state index in [0.29, 0.717) is 60.4 Å². The van der Waals surface area contributed by atoms with Crippen LogP contribution in [-0.4, -0.2) is 74.4 Å². The number of rotatable bonds is 13. The molecule has 1 aliphatic heterocycles. The molecule has 1 saturated heterocycles. The third-order valence-electron chi connectivity index (χ3n) is 6.94. The molecule has 0 radical (unpaired) electrons. The zero-order valence-corrected chi connectivity index (χ0v) is 29.1. The number of halogens is 2. The van der Waals surface area contributed by atoms with E-state index in [1.54, 1.807) is 30.3 Å². The lowest BCUT2D eigenvalue weighted by Crippen LogP contribution is -2.37. The molecule has 0 unspecified atom stereocenters. The smallest absolute Gasteiger partial charge is 0.295 e. The summed E-state index contributed by atoms with van der Waals surface area (Å²) in [5.41, 5.74) is 2.17. The summed E-state index contributed by atoms with van der Waals surface area (Å²) >= 11 is 12.9. The number of anilines is 7. The Morgan fingerprint density at radius 3 is 2.02 bits per heavy atom. The molecule has 0 atom stereocenters. The first kappa shape index (κ1) is 36.1. The Labute approximate surface area is 304 Å². The Kier molecular flexibility index (Phi) is 11.7. The van der Waals surface area contributed by atoms with E-state index in [4.69, 9.17) is 33.2 Å². The van der Waals surface area contributed by atoms with Crippen LogP contribution >= 0.6 is 35.2 Å². The van der Waals surface area contributed by atoms with Gasteiger partial charge in [0.15, 0.2) is 0 Å². The Hall–Kier alpha value is -4.70. The number of hydrogen-bond donors (Lipinski definition) is 5. The van der Waals surface area contributed by atoms with Crippen LogP contribution in [0.3, 0.4) is 0 Å². The number of aromatic nitrogens is 6. The lowest BCUT2D eigenvalue weighted by atomic mass is 10.1. The van der Waals surface area contributed by atoms with Crippen molar-refractivity contribution >= 4 is 98.4 Å². The zero-order valence-electron chi connectivity index (χ0n) is 26.0. The van der Waals surface area contributed by atoms with E-state index in [9.17, 15) is 13.0 Å². The van der Waals surface area contributed by atoms with Crippen molar-refractivity contribution in [1.82, 2.24) is 29.9 Å². The second-order valence-electron chi connectivity index (χ2n) is 10.4. The molecule has 0 bridgehead atoms. The van der Waals surface area contributed by atoms with Gasteiger partial charge in [-0.2, -0.15) is 38.3 Å². The molecule has 3 heterocycles. The lowest BCUT2D eigenvalue weighted by molar-refractivity contribution is -0.432. The van der Waals surface area contributed by atoms with Crippen LogP contribution in [0.4, 0.5) is 40.9 Å². The molecular weight excluding hydrogens is 747 g/mol. The molecule has 2 aromatic heterocycles. The summed E-state index contributed by atoms with van der Waals surface area (Å²) in [7, 11) is -4.70. The number of nitrogens with one attached hydrogen (secondary N) is 3. The largest absolute Gasteiger partial charge is 0.378 e. The summed E-state index contributed by atoms with van der Waals surface area (Å²) in [6.45, 7) is 2.14. The Bertz CT molecular complexity index is 2150. The van der Waals surface area contributed by atoms with Crippen molar-refractivity contribution in [1.29, 1.82) is 0 Å². The van der Waals surface area contributed by atoms with Crippen molar-refractivity contribution in [3.63, 3.8) is 0 Å². The van der Waals surface area contributed by atoms with Crippen LogP contribution in [0.1, 0.15) is 11.1 Å². The fraction of sp³-hybridized carbons (Fsp3) is 0.133. The van der Waals surface area contributed by atoms with E-state index in [1.807, 2.05) is 35.2 Å². The summed E-state index contributed by atoms with van der Waals surface area (Å²) in [4.78, 5) is 27.1. The molecule has 6 rings (SSSR count). The van der Waals surface area contributed by atoms with Crippen molar-refractivity contribution < 1.29 is 32.3 Å². The summed E-state index contributed by atoms with van der Waals surface area (Å²) in [6, 6.07) is 18.5. The first-order chi connectivity index (χ1) is 24.6. The average Bonchev–Trinajstić information content (AvgIpc) is 3.10.